The highest BCUT2D eigenvalue weighted by Gasteiger charge is 2.17. The Morgan fingerprint density at radius 3 is 2.92 bits per heavy atom. The van der Waals surface area contributed by atoms with E-state index >= 15 is 0 Å². The van der Waals surface area contributed by atoms with Crippen LogP contribution in [0, 0.1) is 0 Å². The van der Waals surface area contributed by atoms with Crippen LogP contribution in [0.5, 0.6) is 0 Å². The van der Waals surface area contributed by atoms with Gasteiger partial charge in [0.1, 0.15) is 11.9 Å². The van der Waals surface area contributed by atoms with Gasteiger partial charge in [-0.2, -0.15) is 5.10 Å². The van der Waals surface area contributed by atoms with Gasteiger partial charge in [0.2, 0.25) is 0 Å². The molecule has 0 saturated heterocycles. The fourth-order valence-electron chi connectivity index (χ4n) is 2.51. The van der Waals surface area contributed by atoms with Gasteiger partial charge in [-0.15, -0.1) is 0 Å². The monoisotopic (exact) mass is 325 g/mol. The molecule has 0 spiro atoms. The lowest BCUT2D eigenvalue weighted by molar-refractivity contribution is 0.0903. The first kappa shape index (κ1) is 16.0. The summed E-state index contributed by atoms with van der Waals surface area (Å²) >= 11 is 0. The molecule has 6 heteroatoms. The van der Waals surface area contributed by atoms with Gasteiger partial charge in [-0.05, 0) is 43.3 Å². The molecular weight excluding hydrogens is 306 g/mol. The van der Waals surface area contributed by atoms with Crippen molar-refractivity contribution < 1.29 is 14.3 Å². The van der Waals surface area contributed by atoms with Crippen LogP contribution in [0.3, 0.4) is 0 Å². The van der Waals surface area contributed by atoms with E-state index in [9.17, 15) is 9.90 Å². The minimum Gasteiger partial charge on any atom is -0.467 e. The molecule has 0 aliphatic rings. The lowest BCUT2D eigenvalue weighted by atomic mass is 10.1. The van der Waals surface area contributed by atoms with Gasteiger partial charge in [-0.3, -0.25) is 4.79 Å². The molecule has 1 amide bonds. The average molecular weight is 325 g/mol. The molecule has 3 rings (SSSR count). The van der Waals surface area contributed by atoms with E-state index in [0.717, 1.165) is 5.69 Å². The van der Waals surface area contributed by atoms with E-state index in [1.807, 2.05) is 31.3 Å². The lowest BCUT2D eigenvalue weighted by Gasteiger charge is -2.17. The smallest absolute Gasteiger partial charge is 0.251 e. The van der Waals surface area contributed by atoms with Gasteiger partial charge in [0.25, 0.3) is 5.91 Å². The van der Waals surface area contributed by atoms with Crippen LogP contribution in [0.4, 0.5) is 0 Å². The summed E-state index contributed by atoms with van der Waals surface area (Å²) in [7, 11) is 0. The fourth-order valence-corrected chi connectivity index (χ4v) is 2.51. The molecule has 2 N–H and O–H groups in total. The number of furan rings is 1. The first-order valence-corrected chi connectivity index (χ1v) is 7.76. The van der Waals surface area contributed by atoms with Crippen molar-refractivity contribution in [2.75, 3.05) is 0 Å². The summed E-state index contributed by atoms with van der Waals surface area (Å²) in [5.74, 6) is 0.305. The zero-order chi connectivity index (χ0) is 16.9. The minimum atomic E-state index is -0.745. The molecule has 2 heterocycles. The molecule has 24 heavy (non-hydrogen) atoms. The number of hydrogen-bond acceptors (Lipinski definition) is 4. The zero-order valence-electron chi connectivity index (χ0n) is 13.3. The quantitative estimate of drug-likeness (QED) is 0.730. The van der Waals surface area contributed by atoms with Gasteiger partial charge >= 0.3 is 0 Å². The van der Waals surface area contributed by atoms with Gasteiger partial charge in [0.15, 0.2) is 0 Å². The number of hydrogen-bond donors (Lipinski definition) is 2. The van der Waals surface area contributed by atoms with E-state index in [4.69, 9.17) is 4.42 Å². The maximum Gasteiger partial charge on any atom is 0.251 e. The number of nitrogens with one attached hydrogen (secondary N) is 1. The molecule has 2 atom stereocenters. The number of rotatable bonds is 6. The largest absolute Gasteiger partial charge is 0.467 e. The van der Waals surface area contributed by atoms with Crippen molar-refractivity contribution in [3.63, 3.8) is 0 Å². The Morgan fingerprint density at radius 1 is 1.33 bits per heavy atom. The predicted molar refractivity (Wildman–Crippen MR) is 88.8 cm³/mol. The van der Waals surface area contributed by atoms with Gasteiger partial charge in [-0.25, -0.2) is 4.68 Å². The predicted octanol–water partition coefficient (Wildman–Crippen LogP) is 2.71. The number of aliphatic hydroxyl groups is 1. The van der Waals surface area contributed by atoms with Gasteiger partial charge in [0.05, 0.1) is 12.0 Å². The van der Waals surface area contributed by atoms with Crippen LogP contribution in [0.1, 0.15) is 35.6 Å². The summed E-state index contributed by atoms with van der Waals surface area (Å²) in [4.78, 5) is 12.4. The second-order valence-corrected chi connectivity index (χ2v) is 5.64. The highest BCUT2D eigenvalue weighted by Crippen LogP contribution is 2.18. The Kier molecular flexibility index (Phi) is 4.77. The Balaban J connectivity index is 1.63. The first-order chi connectivity index (χ1) is 11.6. The van der Waals surface area contributed by atoms with E-state index in [-0.39, 0.29) is 11.9 Å². The molecule has 1 aromatic carbocycles. The van der Waals surface area contributed by atoms with Crippen molar-refractivity contribution in [2.24, 2.45) is 0 Å². The molecule has 124 valence electrons. The number of carbonyl (C=O) groups is 1. The van der Waals surface area contributed by atoms with Crippen molar-refractivity contribution in [1.29, 1.82) is 0 Å². The van der Waals surface area contributed by atoms with Gasteiger partial charge < -0.3 is 14.8 Å². The van der Waals surface area contributed by atoms with Gasteiger partial charge in [-0.1, -0.05) is 6.07 Å². The Labute approximate surface area is 139 Å². The van der Waals surface area contributed by atoms with Crippen molar-refractivity contribution in [2.45, 2.75) is 25.5 Å². The van der Waals surface area contributed by atoms with Crippen LogP contribution in [0.2, 0.25) is 0 Å². The van der Waals surface area contributed by atoms with E-state index in [1.54, 1.807) is 35.1 Å². The number of benzene rings is 1. The molecule has 0 aliphatic heterocycles. The molecule has 2 aromatic heterocycles. The summed E-state index contributed by atoms with van der Waals surface area (Å²) in [5.41, 5.74) is 1.36. The van der Waals surface area contributed by atoms with Crippen LogP contribution in [-0.4, -0.2) is 26.8 Å². The normalized spacial score (nSPS) is 13.4. The second-order valence-electron chi connectivity index (χ2n) is 5.64. The van der Waals surface area contributed by atoms with Crippen LogP contribution < -0.4 is 5.32 Å². The fraction of sp³-hybridized carbons (Fsp3) is 0.222. The van der Waals surface area contributed by atoms with Crippen molar-refractivity contribution in [1.82, 2.24) is 15.1 Å². The standard InChI is InChI=1S/C18H19N3O3/c1-13(11-16(22)17-7-3-10-24-17)20-18(23)14-5-2-6-15(12-14)21-9-4-8-19-21/h2-10,12-13,16,22H,11H2,1H3,(H,20,23). The number of nitrogens with zero attached hydrogens (tertiary/aromatic N) is 2. The van der Waals surface area contributed by atoms with Gasteiger partial charge in [0, 0.05) is 30.4 Å². The van der Waals surface area contributed by atoms with Crippen LogP contribution >= 0.6 is 0 Å². The molecule has 0 saturated carbocycles. The lowest BCUT2D eigenvalue weighted by Crippen LogP contribution is -2.33. The van der Waals surface area contributed by atoms with E-state index in [1.165, 1.54) is 6.26 Å². The maximum atomic E-state index is 12.4. The molecule has 2 unspecified atom stereocenters. The third-order valence-corrected chi connectivity index (χ3v) is 3.70. The van der Waals surface area contributed by atoms with Crippen molar-refractivity contribution in [3.05, 3.63) is 72.4 Å². The first-order valence-electron chi connectivity index (χ1n) is 7.76. The highest BCUT2D eigenvalue weighted by molar-refractivity contribution is 5.94. The zero-order valence-corrected chi connectivity index (χ0v) is 13.3. The van der Waals surface area contributed by atoms with Crippen molar-refractivity contribution in [3.8, 4) is 5.69 Å². The Morgan fingerprint density at radius 2 is 2.21 bits per heavy atom. The summed E-state index contributed by atoms with van der Waals surface area (Å²) in [5, 5.41) is 17.1. The molecule has 0 bridgehead atoms. The summed E-state index contributed by atoms with van der Waals surface area (Å²) in [6, 6.07) is 12.3. The molecule has 0 aliphatic carbocycles. The number of aromatic nitrogens is 2. The third kappa shape index (κ3) is 3.72. The SMILES string of the molecule is CC(CC(O)c1ccco1)NC(=O)c1cccc(-n2cccn2)c1. The summed E-state index contributed by atoms with van der Waals surface area (Å²) in [6.07, 6.45) is 4.65. The highest BCUT2D eigenvalue weighted by atomic mass is 16.4. The summed E-state index contributed by atoms with van der Waals surface area (Å²) < 4.78 is 6.87. The summed E-state index contributed by atoms with van der Waals surface area (Å²) in [6.45, 7) is 1.85. The molecular formula is C18H19N3O3. The Bertz CT molecular complexity index is 782. The van der Waals surface area contributed by atoms with Crippen LogP contribution in [0.15, 0.2) is 65.5 Å². The minimum absolute atomic E-state index is 0.192. The van der Waals surface area contributed by atoms with E-state index < -0.39 is 6.10 Å². The molecule has 3 aromatic rings. The number of aliphatic hydroxyl groups excluding tert-OH is 1. The van der Waals surface area contributed by atoms with Crippen LogP contribution in [-0.2, 0) is 0 Å². The third-order valence-electron chi connectivity index (χ3n) is 3.70. The topological polar surface area (TPSA) is 80.3 Å². The van der Waals surface area contributed by atoms with Crippen molar-refractivity contribution >= 4 is 5.91 Å². The molecule has 6 nitrogen and oxygen atoms in total. The molecule has 0 radical (unpaired) electrons. The van der Waals surface area contributed by atoms with Crippen LogP contribution in [0.25, 0.3) is 5.69 Å². The van der Waals surface area contributed by atoms with E-state index in [0.29, 0.717) is 17.7 Å². The second kappa shape index (κ2) is 7.14. The number of amides is 1. The number of carbonyl (C=O) groups excluding carboxylic acids is 1. The molecule has 0 fully saturated rings. The van der Waals surface area contributed by atoms with E-state index in [2.05, 4.69) is 10.4 Å². The Hall–Kier alpha value is -2.86. The maximum absolute atomic E-state index is 12.4. The average Bonchev–Trinajstić information content (AvgIpc) is 3.28.